The van der Waals surface area contributed by atoms with Gasteiger partial charge in [0.15, 0.2) is 0 Å². The summed E-state index contributed by atoms with van der Waals surface area (Å²) in [5, 5.41) is 3.70. The van der Waals surface area contributed by atoms with Gasteiger partial charge >= 0.3 is 0 Å². The Bertz CT molecular complexity index is 367. The van der Waals surface area contributed by atoms with Crippen molar-refractivity contribution in [3.05, 3.63) is 24.3 Å². The molecule has 0 bridgehead atoms. The number of piperidine rings is 1. The first-order valence-electron chi connectivity index (χ1n) is 6.30. The third-order valence-electron chi connectivity index (χ3n) is 3.67. The van der Waals surface area contributed by atoms with Crippen molar-refractivity contribution >= 4 is 17.4 Å². The van der Waals surface area contributed by atoms with Gasteiger partial charge in [-0.25, -0.2) is 0 Å². The maximum absolute atomic E-state index is 3.70. The van der Waals surface area contributed by atoms with Crippen molar-refractivity contribution in [1.82, 2.24) is 4.90 Å². The lowest BCUT2D eigenvalue weighted by atomic mass is 9.99. The van der Waals surface area contributed by atoms with Crippen LogP contribution in [-0.4, -0.2) is 36.8 Å². The smallest absolute Gasteiger partial charge is 0.0480 e. The molecule has 1 heterocycles. The number of anilines is 1. The molecule has 2 atom stereocenters. The van der Waals surface area contributed by atoms with Crippen LogP contribution in [0.5, 0.6) is 0 Å². The summed E-state index contributed by atoms with van der Waals surface area (Å²) in [6, 6.07) is 9.90. The van der Waals surface area contributed by atoms with Crippen LogP contribution < -0.4 is 5.32 Å². The zero-order chi connectivity index (χ0) is 12.3. The summed E-state index contributed by atoms with van der Waals surface area (Å²) < 4.78 is 0. The zero-order valence-electron chi connectivity index (χ0n) is 10.9. The second kappa shape index (κ2) is 5.78. The molecule has 94 valence electrons. The number of rotatable bonds is 3. The number of hydrogen-bond donors (Lipinski definition) is 1. The number of thioether (sulfide) groups is 1. The molecular formula is C14H22N2S. The van der Waals surface area contributed by atoms with Gasteiger partial charge in [-0.2, -0.15) is 0 Å². The minimum absolute atomic E-state index is 0.620. The van der Waals surface area contributed by atoms with Gasteiger partial charge in [-0.05, 0) is 45.2 Å². The maximum atomic E-state index is 3.70. The fraction of sp³-hybridized carbons (Fsp3) is 0.571. The summed E-state index contributed by atoms with van der Waals surface area (Å²) in [7, 11) is 2.22. The fourth-order valence-electron chi connectivity index (χ4n) is 2.40. The molecule has 1 aliphatic rings. The SMILES string of the molecule is CSc1ccccc1NC1CCN(C)C(C)C1. The first kappa shape index (κ1) is 12.8. The Morgan fingerprint density at radius 1 is 1.35 bits per heavy atom. The Labute approximate surface area is 109 Å². The molecule has 0 spiro atoms. The quantitative estimate of drug-likeness (QED) is 0.829. The number of likely N-dealkylation sites (tertiary alicyclic amines) is 1. The summed E-state index contributed by atoms with van der Waals surface area (Å²) in [6.45, 7) is 3.51. The topological polar surface area (TPSA) is 15.3 Å². The van der Waals surface area contributed by atoms with Crippen LogP contribution in [0.2, 0.25) is 0 Å². The Kier molecular flexibility index (Phi) is 4.35. The van der Waals surface area contributed by atoms with Gasteiger partial charge in [0, 0.05) is 29.2 Å². The molecular weight excluding hydrogens is 228 g/mol. The average molecular weight is 250 g/mol. The maximum Gasteiger partial charge on any atom is 0.0480 e. The Morgan fingerprint density at radius 2 is 2.12 bits per heavy atom. The number of nitrogens with one attached hydrogen (secondary N) is 1. The van der Waals surface area contributed by atoms with Crippen LogP contribution in [0.25, 0.3) is 0 Å². The predicted molar refractivity (Wildman–Crippen MR) is 77.0 cm³/mol. The predicted octanol–water partition coefficient (Wildman–Crippen LogP) is 3.30. The second-order valence-electron chi connectivity index (χ2n) is 4.90. The molecule has 2 unspecified atom stereocenters. The van der Waals surface area contributed by atoms with E-state index in [1.54, 1.807) is 0 Å². The number of nitrogens with zero attached hydrogens (tertiary/aromatic N) is 1. The van der Waals surface area contributed by atoms with Gasteiger partial charge in [-0.1, -0.05) is 12.1 Å². The van der Waals surface area contributed by atoms with Crippen molar-refractivity contribution in [2.24, 2.45) is 0 Å². The summed E-state index contributed by atoms with van der Waals surface area (Å²) >= 11 is 1.81. The van der Waals surface area contributed by atoms with E-state index in [0.29, 0.717) is 12.1 Å². The standard InChI is InChI=1S/C14H22N2S/c1-11-10-12(8-9-16(11)2)15-13-6-4-5-7-14(13)17-3/h4-7,11-12,15H,8-10H2,1-3H3. The van der Waals surface area contributed by atoms with Crippen LogP contribution in [0.4, 0.5) is 5.69 Å². The van der Waals surface area contributed by atoms with E-state index >= 15 is 0 Å². The van der Waals surface area contributed by atoms with Crippen LogP contribution in [0.3, 0.4) is 0 Å². The highest BCUT2D eigenvalue weighted by Gasteiger charge is 2.22. The lowest BCUT2D eigenvalue weighted by Crippen LogP contribution is -2.42. The highest BCUT2D eigenvalue weighted by Crippen LogP contribution is 2.27. The van der Waals surface area contributed by atoms with Crippen molar-refractivity contribution < 1.29 is 0 Å². The first-order chi connectivity index (χ1) is 8.20. The van der Waals surface area contributed by atoms with E-state index in [0.717, 1.165) is 0 Å². The number of benzene rings is 1. The van der Waals surface area contributed by atoms with Crippen LogP contribution in [0.1, 0.15) is 19.8 Å². The molecule has 0 amide bonds. The van der Waals surface area contributed by atoms with E-state index in [9.17, 15) is 0 Å². The van der Waals surface area contributed by atoms with Crippen LogP contribution in [0, 0.1) is 0 Å². The molecule has 1 fully saturated rings. The summed E-state index contributed by atoms with van der Waals surface area (Å²) in [5.74, 6) is 0. The highest BCUT2D eigenvalue weighted by atomic mass is 32.2. The van der Waals surface area contributed by atoms with Crippen molar-refractivity contribution in [1.29, 1.82) is 0 Å². The third kappa shape index (κ3) is 3.17. The molecule has 0 aromatic heterocycles. The Balaban J connectivity index is 2.01. The first-order valence-corrected chi connectivity index (χ1v) is 7.53. The average Bonchev–Trinajstić information content (AvgIpc) is 2.34. The van der Waals surface area contributed by atoms with Crippen molar-refractivity contribution in [3.8, 4) is 0 Å². The molecule has 1 saturated heterocycles. The monoisotopic (exact) mass is 250 g/mol. The van der Waals surface area contributed by atoms with E-state index < -0.39 is 0 Å². The Hall–Kier alpha value is -0.670. The molecule has 1 aromatic carbocycles. The normalized spacial score (nSPS) is 25.8. The molecule has 1 N–H and O–H groups in total. The second-order valence-corrected chi connectivity index (χ2v) is 5.74. The van der Waals surface area contributed by atoms with Gasteiger partial charge < -0.3 is 10.2 Å². The molecule has 1 aliphatic heterocycles. The summed E-state index contributed by atoms with van der Waals surface area (Å²) in [4.78, 5) is 3.79. The number of hydrogen-bond acceptors (Lipinski definition) is 3. The van der Waals surface area contributed by atoms with E-state index in [4.69, 9.17) is 0 Å². The van der Waals surface area contributed by atoms with Crippen LogP contribution in [-0.2, 0) is 0 Å². The highest BCUT2D eigenvalue weighted by molar-refractivity contribution is 7.98. The van der Waals surface area contributed by atoms with Gasteiger partial charge in [-0.15, -0.1) is 11.8 Å². The molecule has 0 aliphatic carbocycles. The van der Waals surface area contributed by atoms with Gasteiger partial charge in [0.1, 0.15) is 0 Å². The lowest BCUT2D eigenvalue weighted by molar-refractivity contribution is 0.190. The molecule has 3 heteroatoms. The third-order valence-corrected chi connectivity index (χ3v) is 4.47. The number of para-hydroxylation sites is 1. The van der Waals surface area contributed by atoms with Crippen molar-refractivity contribution in [3.63, 3.8) is 0 Å². The minimum Gasteiger partial charge on any atom is -0.381 e. The van der Waals surface area contributed by atoms with Crippen LogP contribution in [0.15, 0.2) is 29.2 Å². The fourth-order valence-corrected chi connectivity index (χ4v) is 2.97. The summed E-state index contributed by atoms with van der Waals surface area (Å²) in [6.07, 6.45) is 4.61. The summed E-state index contributed by atoms with van der Waals surface area (Å²) in [5.41, 5.74) is 1.29. The largest absolute Gasteiger partial charge is 0.381 e. The van der Waals surface area contributed by atoms with Gasteiger partial charge in [-0.3, -0.25) is 0 Å². The van der Waals surface area contributed by atoms with Gasteiger partial charge in [0.05, 0.1) is 0 Å². The Morgan fingerprint density at radius 3 is 2.82 bits per heavy atom. The van der Waals surface area contributed by atoms with E-state index in [1.165, 1.54) is 30.0 Å². The van der Waals surface area contributed by atoms with E-state index in [1.807, 2.05) is 11.8 Å². The van der Waals surface area contributed by atoms with Crippen molar-refractivity contribution in [2.75, 3.05) is 25.2 Å². The molecule has 2 nitrogen and oxygen atoms in total. The molecule has 1 aromatic rings. The lowest BCUT2D eigenvalue weighted by Gasteiger charge is -2.36. The molecule has 17 heavy (non-hydrogen) atoms. The molecule has 2 rings (SSSR count). The van der Waals surface area contributed by atoms with E-state index in [2.05, 4.69) is 54.7 Å². The molecule has 0 radical (unpaired) electrons. The molecule has 0 saturated carbocycles. The van der Waals surface area contributed by atoms with Gasteiger partial charge in [0.2, 0.25) is 0 Å². The zero-order valence-corrected chi connectivity index (χ0v) is 11.8. The van der Waals surface area contributed by atoms with Gasteiger partial charge in [0.25, 0.3) is 0 Å². The minimum atomic E-state index is 0.620. The van der Waals surface area contributed by atoms with Crippen molar-refractivity contribution in [2.45, 2.75) is 36.7 Å². The van der Waals surface area contributed by atoms with E-state index in [-0.39, 0.29) is 0 Å². The van der Waals surface area contributed by atoms with Crippen LogP contribution >= 0.6 is 11.8 Å².